The van der Waals surface area contributed by atoms with Gasteiger partial charge in [-0.1, -0.05) is 12.1 Å². The summed E-state index contributed by atoms with van der Waals surface area (Å²) in [5, 5.41) is 9.39. The number of aromatic hydroxyl groups is 1. The number of ether oxygens (including phenoxy) is 2. The van der Waals surface area contributed by atoms with Gasteiger partial charge in [-0.2, -0.15) is 0 Å². The van der Waals surface area contributed by atoms with Crippen LogP contribution in [0, 0.1) is 0 Å². The summed E-state index contributed by atoms with van der Waals surface area (Å²) >= 11 is 0. The molecule has 1 aliphatic heterocycles. The van der Waals surface area contributed by atoms with E-state index in [-0.39, 0.29) is 12.0 Å². The second-order valence-electron chi connectivity index (χ2n) is 3.03. The summed E-state index contributed by atoms with van der Waals surface area (Å²) in [6.07, 6.45) is 1.74. The van der Waals surface area contributed by atoms with Crippen LogP contribution < -0.4 is 4.74 Å². The van der Waals surface area contributed by atoms with E-state index in [0.29, 0.717) is 5.75 Å². The number of phenols is 1. The molecule has 0 radical (unpaired) electrons. The van der Waals surface area contributed by atoms with Crippen LogP contribution >= 0.6 is 0 Å². The van der Waals surface area contributed by atoms with Crippen LogP contribution in [0.25, 0.3) is 0 Å². The molecule has 0 bridgehead atoms. The van der Waals surface area contributed by atoms with Gasteiger partial charge in [0.2, 0.25) is 0 Å². The third-order valence-electron chi connectivity index (χ3n) is 2.01. The molecule has 0 aliphatic carbocycles. The molecule has 0 aromatic heterocycles. The van der Waals surface area contributed by atoms with Gasteiger partial charge in [-0.25, -0.2) is 0 Å². The first-order chi connectivity index (χ1) is 6.36. The zero-order chi connectivity index (χ0) is 9.10. The Morgan fingerprint density at radius 1 is 1.38 bits per heavy atom. The van der Waals surface area contributed by atoms with Crippen LogP contribution in [0.3, 0.4) is 0 Å². The van der Waals surface area contributed by atoms with Gasteiger partial charge < -0.3 is 14.6 Å². The first kappa shape index (κ1) is 8.38. The number of benzene rings is 1. The van der Waals surface area contributed by atoms with Crippen molar-refractivity contribution < 1.29 is 14.6 Å². The topological polar surface area (TPSA) is 38.7 Å². The van der Waals surface area contributed by atoms with Crippen molar-refractivity contribution in [1.82, 2.24) is 0 Å². The van der Waals surface area contributed by atoms with Gasteiger partial charge >= 0.3 is 0 Å². The van der Waals surface area contributed by atoms with Crippen molar-refractivity contribution in [3.05, 3.63) is 24.3 Å². The summed E-state index contributed by atoms with van der Waals surface area (Å²) in [7, 11) is 0. The summed E-state index contributed by atoms with van der Waals surface area (Å²) in [5.41, 5.74) is 0. The van der Waals surface area contributed by atoms with E-state index in [0.717, 1.165) is 19.4 Å². The Hall–Kier alpha value is -1.22. The molecule has 1 N–H and O–H groups in total. The maximum atomic E-state index is 9.39. The van der Waals surface area contributed by atoms with Gasteiger partial charge in [0, 0.05) is 6.42 Å². The van der Waals surface area contributed by atoms with Crippen molar-refractivity contribution >= 4 is 0 Å². The Kier molecular flexibility index (Phi) is 2.36. The fourth-order valence-electron chi connectivity index (χ4n) is 1.34. The molecule has 1 heterocycles. The SMILES string of the molecule is Oc1ccccc1OC1CCCO1. The minimum atomic E-state index is -0.187. The van der Waals surface area contributed by atoms with E-state index in [9.17, 15) is 5.11 Å². The quantitative estimate of drug-likeness (QED) is 0.755. The second kappa shape index (κ2) is 3.66. The van der Waals surface area contributed by atoms with Crippen LogP contribution in [0.15, 0.2) is 24.3 Å². The lowest BCUT2D eigenvalue weighted by Gasteiger charge is -2.13. The number of hydrogen-bond donors (Lipinski definition) is 1. The maximum absolute atomic E-state index is 9.39. The van der Waals surface area contributed by atoms with Crippen LogP contribution in [-0.4, -0.2) is 18.0 Å². The Balaban J connectivity index is 2.04. The minimum Gasteiger partial charge on any atom is -0.504 e. The average Bonchev–Trinajstić information content (AvgIpc) is 2.61. The van der Waals surface area contributed by atoms with Gasteiger partial charge in [0.05, 0.1) is 6.61 Å². The molecule has 1 aromatic rings. The second-order valence-corrected chi connectivity index (χ2v) is 3.03. The van der Waals surface area contributed by atoms with Crippen LogP contribution in [0.2, 0.25) is 0 Å². The Morgan fingerprint density at radius 3 is 2.92 bits per heavy atom. The van der Waals surface area contributed by atoms with Crippen LogP contribution in [0.5, 0.6) is 11.5 Å². The lowest BCUT2D eigenvalue weighted by Crippen LogP contribution is -2.13. The molecular weight excluding hydrogens is 168 g/mol. The average molecular weight is 180 g/mol. The standard InChI is InChI=1S/C10H12O3/c11-8-4-1-2-5-9(8)13-10-6-3-7-12-10/h1-2,4-5,10-11H,3,6-7H2. The summed E-state index contributed by atoms with van der Waals surface area (Å²) in [5.74, 6) is 0.660. The lowest BCUT2D eigenvalue weighted by molar-refractivity contribution is -0.0402. The number of para-hydroxylation sites is 2. The molecule has 1 saturated heterocycles. The van der Waals surface area contributed by atoms with Gasteiger partial charge in [0.1, 0.15) is 0 Å². The van der Waals surface area contributed by atoms with Gasteiger partial charge in [0.15, 0.2) is 17.8 Å². The molecule has 1 aromatic carbocycles. The maximum Gasteiger partial charge on any atom is 0.200 e. The highest BCUT2D eigenvalue weighted by Crippen LogP contribution is 2.27. The van der Waals surface area contributed by atoms with Crippen molar-refractivity contribution in [3.8, 4) is 11.5 Å². The van der Waals surface area contributed by atoms with E-state index in [2.05, 4.69) is 0 Å². The normalized spacial score (nSPS) is 21.7. The Morgan fingerprint density at radius 2 is 2.23 bits per heavy atom. The van der Waals surface area contributed by atoms with Crippen molar-refractivity contribution in [2.75, 3.05) is 6.61 Å². The van der Waals surface area contributed by atoms with Crippen LogP contribution in [0.1, 0.15) is 12.8 Å². The molecule has 1 fully saturated rings. The van der Waals surface area contributed by atoms with Gasteiger partial charge in [0.25, 0.3) is 0 Å². The smallest absolute Gasteiger partial charge is 0.200 e. The van der Waals surface area contributed by atoms with E-state index in [4.69, 9.17) is 9.47 Å². The van der Waals surface area contributed by atoms with Crippen molar-refractivity contribution in [2.24, 2.45) is 0 Å². The summed E-state index contributed by atoms with van der Waals surface area (Å²) in [4.78, 5) is 0. The molecule has 0 saturated carbocycles. The third kappa shape index (κ3) is 1.92. The molecule has 1 atom stereocenters. The largest absolute Gasteiger partial charge is 0.504 e. The fraction of sp³-hybridized carbons (Fsp3) is 0.400. The van der Waals surface area contributed by atoms with Gasteiger partial charge in [-0.15, -0.1) is 0 Å². The number of rotatable bonds is 2. The number of hydrogen-bond acceptors (Lipinski definition) is 3. The van der Waals surface area contributed by atoms with E-state index in [1.165, 1.54) is 0 Å². The molecule has 13 heavy (non-hydrogen) atoms. The Bertz CT molecular complexity index is 279. The lowest BCUT2D eigenvalue weighted by atomic mass is 10.3. The molecule has 1 aliphatic rings. The third-order valence-corrected chi connectivity index (χ3v) is 2.01. The highest BCUT2D eigenvalue weighted by Gasteiger charge is 2.17. The monoisotopic (exact) mass is 180 g/mol. The van der Waals surface area contributed by atoms with Crippen molar-refractivity contribution in [1.29, 1.82) is 0 Å². The molecule has 3 nitrogen and oxygen atoms in total. The molecule has 2 rings (SSSR count). The predicted molar refractivity (Wildman–Crippen MR) is 47.7 cm³/mol. The highest BCUT2D eigenvalue weighted by molar-refractivity contribution is 5.37. The summed E-state index contributed by atoms with van der Waals surface area (Å²) in [6.45, 7) is 0.748. The van der Waals surface area contributed by atoms with E-state index < -0.39 is 0 Å². The summed E-state index contributed by atoms with van der Waals surface area (Å²) < 4.78 is 10.7. The van der Waals surface area contributed by atoms with E-state index in [1.54, 1.807) is 18.2 Å². The van der Waals surface area contributed by atoms with E-state index in [1.807, 2.05) is 6.07 Å². The molecule has 1 unspecified atom stereocenters. The number of phenolic OH excluding ortho intramolecular Hbond substituents is 1. The van der Waals surface area contributed by atoms with E-state index >= 15 is 0 Å². The highest BCUT2D eigenvalue weighted by atomic mass is 16.7. The van der Waals surface area contributed by atoms with Crippen molar-refractivity contribution in [2.45, 2.75) is 19.1 Å². The zero-order valence-corrected chi connectivity index (χ0v) is 7.27. The van der Waals surface area contributed by atoms with Crippen LogP contribution in [-0.2, 0) is 4.74 Å². The predicted octanol–water partition coefficient (Wildman–Crippen LogP) is 1.91. The minimum absolute atomic E-state index is 0.165. The van der Waals surface area contributed by atoms with Gasteiger partial charge in [-0.05, 0) is 18.6 Å². The first-order valence-corrected chi connectivity index (χ1v) is 4.42. The molecular formula is C10H12O3. The first-order valence-electron chi connectivity index (χ1n) is 4.42. The molecule has 70 valence electrons. The fourth-order valence-corrected chi connectivity index (χ4v) is 1.34. The summed E-state index contributed by atoms with van der Waals surface area (Å²) in [6, 6.07) is 6.92. The van der Waals surface area contributed by atoms with Crippen LogP contribution in [0.4, 0.5) is 0 Å². The zero-order valence-electron chi connectivity index (χ0n) is 7.27. The van der Waals surface area contributed by atoms with Crippen molar-refractivity contribution in [3.63, 3.8) is 0 Å². The van der Waals surface area contributed by atoms with Gasteiger partial charge in [-0.3, -0.25) is 0 Å². The Labute approximate surface area is 76.9 Å². The molecule has 0 amide bonds. The molecule has 0 spiro atoms. The molecule has 3 heteroatoms.